The average molecular weight is 360 g/mol. The predicted octanol–water partition coefficient (Wildman–Crippen LogP) is 0.244. The Bertz CT molecular complexity index is 813. The van der Waals surface area contributed by atoms with Gasteiger partial charge in [0.15, 0.2) is 9.84 Å². The molecule has 1 amide bonds. The lowest BCUT2D eigenvalue weighted by Gasteiger charge is -2.24. The van der Waals surface area contributed by atoms with E-state index in [1.54, 1.807) is 6.92 Å². The largest absolute Gasteiger partial charge is 0.346 e. The summed E-state index contributed by atoms with van der Waals surface area (Å²) in [5.74, 6) is -0.443. The maximum Gasteiger partial charge on any atom is 0.251 e. The van der Waals surface area contributed by atoms with Gasteiger partial charge in [-0.05, 0) is 37.6 Å². The number of sulfonamides is 1. The van der Waals surface area contributed by atoms with Crippen LogP contribution >= 0.6 is 0 Å². The van der Waals surface area contributed by atoms with Gasteiger partial charge in [-0.3, -0.25) is 4.79 Å². The molecular formula is C14H20N2O5S2. The molecule has 0 spiro atoms. The van der Waals surface area contributed by atoms with Crippen LogP contribution in [0.15, 0.2) is 29.2 Å². The lowest BCUT2D eigenvalue weighted by atomic mass is 10.0. The predicted molar refractivity (Wildman–Crippen MR) is 86.5 cm³/mol. The average Bonchev–Trinajstić information content (AvgIpc) is 2.72. The molecule has 1 saturated heterocycles. The van der Waals surface area contributed by atoms with Crippen molar-refractivity contribution in [1.82, 2.24) is 9.62 Å². The van der Waals surface area contributed by atoms with Gasteiger partial charge in [0.05, 0.1) is 21.9 Å². The van der Waals surface area contributed by atoms with Gasteiger partial charge in [0, 0.05) is 19.7 Å². The zero-order valence-corrected chi connectivity index (χ0v) is 14.9. The summed E-state index contributed by atoms with van der Waals surface area (Å²) in [6, 6.07) is 5.55. The summed E-state index contributed by atoms with van der Waals surface area (Å²) >= 11 is 0. The summed E-state index contributed by atoms with van der Waals surface area (Å²) in [6.45, 7) is 1.69. The van der Waals surface area contributed by atoms with Crippen LogP contribution in [0.25, 0.3) is 0 Å². The van der Waals surface area contributed by atoms with Crippen molar-refractivity contribution in [2.24, 2.45) is 0 Å². The highest BCUT2D eigenvalue weighted by Crippen LogP contribution is 2.23. The van der Waals surface area contributed by atoms with E-state index in [0.717, 1.165) is 4.31 Å². The van der Waals surface area contributed by atoms with Crippen molar-refractivity contribution >= 4 is 25.8 Å². The second-order valence-corrected chi connectivity index (χ2v) is 10.5. The number of hydrogen-bond acceptors (Lipinski definition) is 5. The first-order chi connectivity index (χ1) is 10.5. The van der Waals surface area contributed by atoms with Gasteiger partial charge in [0.25, 0.3) is 5.91 Å². The molecule has 0 aliphatic carbocycles. The lowest BCUT2D eigenvalue weighted by Crippen LogP contribution is -2.46. The van der Waals surface area contributed by atoms with Crippen LogP contribution in [0.3, 0.4) is 0 Å². The van der Waals surface area contributed by atoms with E-state index in [1.807, 2.05) is 0 Å². The molecule has 0 unspecified atom stereocenters. The Morgan fingerprint density at radius 2 is 1.78 bits per heavy atom. The van der Waals surface area contributed by atoms with E-state index in [2.05, 4.69) is 5.32 Å². The van der Waals surface area contributed by atoms with E-state index >= 15 is 0 Å². The third kappa shape index (κ3) is 3.91. The highest BCUT2D eigenvalue weighted by atomic mass is 32.2. The van der Waals surface area contributed by atoms with Crippen molar-refractivity contribution in [2.75, 3.05) is 25.6 Å². The number of rotatable bonds is 4. The van der Waals surface area contributed by atoms with Crippen molar-refractivity contribution in [3.05, 3.63) is 29.8 Å². The number of nitrogens with zero attached hydrogens (tertiary/aromatic N) is 1. The molecule has 23 heavy (non-hydrogen) atoms. The standard InChI is InChI=1S/C14H20N2O5S2/c1-14(8-9-22(18,19)10-14)15-13(17)11-4-6-12(7-5-11)23(20,21)16(2)3/h4-7H,8-10H2,1-3H3,(H,15,17)/t14-/m1/s1. The maximum atomic E-state index is 12.2. The Labute approximate surface area is 136 Å². The van der Waals surface area contributed by atoms with Crippen LogP contribution in [0.1, 0.15) is 23.7 Å². The Kier molecular flexibility index (Phi) is 4.57. The van der Waals surface area contributed by atoms with Gasteiger partial charge in [0.2, 0.25) is 10.0 Å². The van der Waals surface area contributed by atoms with Crippen LogP contribution in [0.4, 0.5) is 0 Å². The maximum absolute atomic E-state index is 12.2. The molecule has 7 nitrogen and oxygen atoms in total. The van der Waals surface area contributed by atoms with Crippen LogP contribution in [-0.2, 0) is 19.9 Å². The van der Waals surface area contributed by atoms with Crippen molar-refractivity contribution < 1.29 is 21.6 Å². The molecule has 1 N–H and O–H groups in total. The fourth-order valence-corrected chi connectivity index (χ4v) is 5.44. The summed E-state index contributed by atoms with van der Waals surface area (Å²) < 4.78 is 48.2. The fourth-order valence-electron chi connectivity index (χ4n) is 2.44. The van der Waals surface area contributed by atoms with Crippen molar-refractivity contribution in [3.8, 4) is 0 Å². The van der Waals surface area contributed by atoms with E-state index in [0.29, 0.717) is 6.42 Å². The molecule has 1 heterocycles. The summed E-state index contributed by atoms with van der Waals surface area (Å²) in [5.41, 5.74) is -0.502. The van der Waals surface area contributed by atoms with Crippen LogP contribution in [0, 0.1) is 0 Å². The van der Waals surface area contributed by atoms with Gasteiger partial charge in [-0.25, -0.2) is 21.1 Å². The number of benzene rings is 1. The third-order valence-electron chi connectivity index (χ3n) is 3.81. The number of hydrogen-bond donors (Lipinski definition) is 1. The Hall–Kier alpha value is -1.45. The van der Waals surface area contributed by atoms with Crippen molar-refractivity contribution in [1.29, 1.82) is 0 Å². The molecule has 1 aliphatic rings. The molecule has 1 aromatic carbocycles. The zero-order chi connectivity index (χ0) is 17.5. The minimum Gasteiger partial charge on any atom is -0.346 e. The molecule has 9 heteroatoms. The van der Waals surface area contributed by atoms with Crippen LogP contribution in [0.2, 0.25) is 0 Å². The molecule has 2 rings (SSSR count). The highest BCUT2D eigenvalue weighted by molar-refractivity contribution is 7.91. The molecule has 0 radical (unpaired) electrons. The van der Waals surface area contributed by atoms with E-state index in [4.69, 9.17) is 0 Å². The smallest absolute Gasteiger partial charge is 0.251 e. The SMILES string of the molecule is CN(C)S(=O)(=O)c1ccc(C(=O)N[C@]2(C)CCS(=O)(=O)C2)cc1. The fraction of sp³-hybridized carbons (Fsp3) is 0.500. The number of amides is 1. The number of sulfone groups is 1. The zero-order valence-electron chi connectivity index (χ0n) is 13.2. The third-order valence-corrected chi connectivity index (χ3v) is 7.55. The van der Waals surface area contributed by atoms with E-state index < -0.39 is 31.3 Å². The molecule has 1 aromatic rings. The normalized spacial score (nSPS) is 23.8. The van der Waals surface area contributed by atoms with Gasteiger partial charge in [-0.15, -0.1) is 0 Å². The van der Waals surface area contributed by atoms with Gasteiger partial charge >= 0.3 is 0 Å². The first-order valence-corrected chi connectivity index (χ1v) is 10.3. The molecular weight excluding hydrogens is 340 g/mol. The summed E-state index contributed by atoms with van der Waals surface area (Å²) in [7, 11) is -3.81. The van der Waals surface area contributed by atoms with Crippen LogP contribution < -0.4 is 5.32 Å². The minimum atomic E-state index is -3.55. The molecule has 128 valence electrons. The van der Waals surface area contributed by atoms with Crippen LogP contribution in [-0.4, -0.2) is 58.2 Å². The number of carbonyl (C=O) groups excluding carboxylic acids is 1. The summed E-state index contributed by atoms with van der Waals surface area (Å²) in [5, 5.41) is 2.73. The van der Waals surface area contributed by atoms with E-state index in [-0.39, 0.29) is 22.0 Å². The van der Waals surface area contributed by atoms with Gasteiger partial charge in [-0.1, -0.05) is 0 Å². The van der Waals surface area contributed by atoms with Gasteiger partial charge in [-0.2, -0.15) is 0 Å². The summed E-state index contributed by atoms with van der Waals surface area (Å²) in [6.07, 6.45) is 0.369. The second-order valence-electron chi connectivity index (χ2n) is 6.17. The summed E-state index contributed by atoms with van der Waals surface area (Å²) in [4.78, 5) is 12.3. The van der Waals surface area contributed by atoms with Gasteiger partial charge < -0.3 is 5.32 Å². The molecule has 1 atom stereocenters. The van der Waals surface area contributed by atoms with E-state index in [9.17, 15) is 21.6 Å². The second kappa shape index (κ2) is 5.88. The first kappa shape index (κ1) is 17.9. The monoisotopic (exact) mass is 360 g/mol. The first-order valence-electron chi connectivity index (χ1n) is 7.01. The van der Waals surface area contributed by atoms with Crippen molar-refractivity contribution in [2.45, 2.75) is 23.8 Å². The molecule has 0 bridgehead atoms. The Balaban J connectivity index is 2.16. The van der Waals surface area contributed by atoms with Gasteiger partial charge in [0.1, 0.15) is 0 Å². The Morgan fingerprint density at radius 3 is 2.22 bits per heavy atom. The number of nitrogens with one attached hydrogen (secondary N) is 1. The lowest BCUT2D eigenvalue weighted by molar-refractivity contribution is 0.0915. The highest BCUT2D eigenvalue weighted by Gasteiger charge is 2.39. The topological polar surface area (TPSA) is 101 Å². The van der Waals surface area contributed by atoms with E-state index in [1.165, 1.54) is 38.4 Å². The van der Waals surface area contributed by atoms with Crippen molar-refractivity contribution in [3.63, 3.8) is 0 Å². The molecule has 1 fully saturated rings. The minimum absolute atomic E-state index is 0.0593. The van der Waals surface area contributed by atoms with Crippen LogP contribution in [0.5, 0.6) is 0 Å². The molecule has 0 aromatic heterocycles. The molecule has 1 aliphatic heterocycles. The Morgan fingerprint density at radius 1 is 1.22 bits per heavy atom. The molecule has 0 saturated carbocycles. The number of carbonyl (C=O) groups is 1. The quantitative estimate of drug-likeness (QED) is 0.829.